The maximum Gasteiger partial charge on any atom is 0.244 e. The highest BCUT2D eigenvalue weighted by Gasteiger charge is 2.12. The molecule has 0 bridgehead atoms. The second-order valence-corrected chi connectivity index (χ2v) is 5.50. The lowest BCUT2D eigenvalue weighted by atomic mass is 10.2. The molecule has 0 atom stereocenters. The van der Waals surface area contributed by atoms with E-state index in [1.54, 1.807) is 6.08 Å². The minimum Gasteiger partial charge on any atom is -0.454 e. The Kier molecular flexibility index (Phi) is 5.17. The van der Waals surface area contributed by atoms with Crippen LogP contribution in [-0.2, 0) is 4.79 Å². The molecule has 2 heterocycles. The van der Waals surface area contributed by atoms with Gasteiger partial charge in [-0.15, -0.1) is 0 Å². The smallest absolute Gasteiger partial charge is 0.244 e. The van der Waals surface area contributed by atoms with Crippen molar-refractivity contribution in [2.45, 2.75) is 12.8 Å². The zero-order chi connectivity index (χ0) is 15.9. The van der Waals surface area contributed by atoms with Crippen molar-refractivity contribution in [3.8, 4) is 23.3 Å². The van der Waals surface area contributed by atoms with E-state index in [0.29, 0.717) is 12.3 Å². The molecule has 0 spiro atoms. The number of ether oxygens (including phenoxy) is 2. The summed E-state index contributed by atoms with van der Waals surface area (Å²) in [5, 5.41) is 2.76. The summed E-state index contributed by atoms with van der Waals surface area (Å²) in [5.74, 6) is 7.36. The van der Waals surface area contributed by atoms with Crippen molar-refractivity contribution in [2.75, 3.05) is 33.0 Å². The van der Waals surface area contributed by atoms with E-state index in [0.717, 1.165) is 30.9 Å². The maximum atomic E-state index is 11.7. The Labute approximate surface area is 136 Å². The van der Waals surface area contributed by atoms with Crippen LogP contribution in [-0.4, -0.2) is 43.8 Å². The molecule has 0 aliphatic carbocycles. The largest absolute Gasteiger partial charge is 0.454 e. The van der Waals surface area contributed by atoms with Crippen molar-refractivity contribution < 1.29 is 14.3 Å². The van der Waals surface area contributed by atoms with E-state index in [4.69, 9.17) is 9.47 Å². The number of nitrogens with zero attached hydrogens (tertiary/aromatic N) is 1. The van der Waals surface area contributed by atoms with Gasteiger partial charge in [-0.1, -0.05) is 17.9 Å². The van der Waals surface area contributed by atoms with Gasteiger partial charge in [0.15, 0.2) is 11.5 Å². The molecule has 23 heavy (non-hydrogen) atoms. The van der Waals surface area contributed by atoms with Gasteiger partial charge in [0.05, 0.1) is 13.1 Å². The van der Waals surface area contributed by atoms with Crippen molar-refractivity contribution >= 4 is 12.0 Å². The van der Waals surface area contributed by atoms with Crippen LogP contribution in [0.3, 0.4) is 0 Å². The highest BCUT2D eigenvalue weighted by Crippen LogP contribution is 2.32. The van der Waals surface area contributed by atoms with Crippen molar-refractivity contribution in [1.82, 2.24) is 10.2 Å². The Morgan fingerprint density at radius 2 is 2.04 bits per heavy atom. The highest BCUT2D eigenvalue weighted by molar-refractivity contribution is 5.91. The van der Waals surface area contributed by atoms with E-state index in [1.807, 2.05) is 18.2 Å². The van der Waals surface area contributed by atoms with E-state index in [2.05, 4.69) is 22.1 Å². The van der Waals surface area contributed by atoms with Gasteiger partial charge in [0, 0.05) is 6.08 Å². The minimum atomic E-state index is -0.155. The first-order valence-electron chi connectivity index (χ1n) is 7.85. The monoisotopic (exact) mass is 312 g/mol. The van der Waals surface area contributed by atoms with Crippen LogP contribution in [0.5, 0.6) is 11.5 Å². The normalized spacial score (nSPS) is 16.3. The zero-order valence-corrected chi connectivity index (χ0v) is 13.0. The first-order chi connectivity index (χ1) is 11.3. The van der Waals surface area contributed by atoms with E-state index >= 15 is 0 Å². The van der Waals surface area contributed by atoms with Crippen molar-refractivity contribution in [3.63, 3.8) is 0 Å². The molecule has 3 rings (SSSR count). The molecule has 120 valence electrons. The van der Waals surface area contributed by atoms with Gasteiger partial charge in [-0.05, 0) is 49.7 Å². The molecule has 1 aromatic carbocycles. The molecule has 0 aromatic heterocycles. The molecule has 1 N–H and O–H groups in total. The molecular weight excluding hydrogens is 292 g/mol. The van der Waals surface area contributed by atoms with Crippen LogP contribution >= 0.6 is 0 Å². The number of carbonyl (C=O) groups is 1. The standard InChI is InChI=1S/C18H20N2O3/c21-18(19-9-1-2-10-20-11-3-4-12-20)8-6-15-5-7-16-17(13-15)23-14-22-16/h5-8,13H,3-4,9-12,14H2,(H,19,21). The van der Waals surface area contributed by atoms with E-state index in [-0.39, 0.29) is 12.7 Å². The van der Waals surface area contributed by atoms with Gasteiger partial charge in [0.25, 0.3) is 0 Å². The molecule has 0 radical (unpaired) electrons. The number of fused-ring (bicyclic) bond motifs is 1. The number of amides is 1. The third kappa shape index (κ3) is 4.51. The number of hydrogen-bond donors (Lipinski definition) is 1. The van der Waals surface area contributed by atoms with Crippen LogP contribution in [0, 0.1) is 11.8 Å². The second kappa shape index (κ2) is 7.70. The quantitative estimate of drug-likeness (QED) is 0.678. The van der Waals surface area contributed by atoms with Gasteiger partial charge in [-0.3, -0.25) is 9.69 Å². The van der Waals surface area contributed by atoms with Crippen molar-refractivity contribution in [2.24, 2.45) is 0 Å². The van der Waals surface area contributed by atoms with Crippen LogP contribution in [0.15, 0.2) is 24.3 Å². The maximum absolute atomic E-state index is 11.7. The summed E-state index contributed by atoms with van der Waals surface area (Å²) < 4.78 is 10.5. The predicted molar refractivity (Wildman–Crippen MR) is 88.1 cm³/mol. The average molecular weight is 312 g/mol. The molecule has 1 saturated heterocycles. The SMILES string of the molecule is O=C(C=Cc1ccc2c(c1)OCO2)NCC#CCN1CCCC1. The number of likely N-dealkylation sites (tertiary alicyclic amines) is 1. The van der Waals surface area contributed by atoms with E-state index in [1.165, 1.54) is 18.9 Å². The van der Waals surface area contributed by atoms with Gasteiger partial charge in [-0.2, -0.15) is 0 Å². The second-order valence-electron chi connectivity index (χ2n) is 5.50. The van der Waals surface area contributed by atoms with Gasteiger partial charge in [0.2, 0.25) is 12.7 Å². The Hall–Kier alpha value is -2.45. The molecule has 1 fully saturated rings. The summed E-state index contributed by atoms with van der Waals surface area (Å²) in [6.45, 7) is 3.69. The highest BCUT2D eigenvalue weighted by atomic mass is 16.7. The predicted octanol–water partition coefficient (Wildman–Crippen LogP) is 1.64. The Morgan fingerprint density at radius 3 is 2.91 bits per heavy atom. The van der Waals surface area contributed by atoms with Crippen LogP contribution in [0.1, 0.15) is 18.4 Å². The number of nitrogens with one attached hydrogen (secondary N) is 1. The lowest BCUT2D eigenvalue weighted by Crippen LogP contribution is -2.22. The number of carbonyl (C=O) groups excluding carboxylic acids is 1. The molecule has 0 unspecified atom stereocenters. The van der Waals surface area contributed by atoms with Crippen molar-refractivity contribution in [3.05, 3.63) is 29.8 Å². The lowest BCUT2D eigenvalue weighted by molar-refractivity contribution is -0.116. The van der Waals surface area contributed by atoms with Gasteiger partial charge in [0.1, 0.15) is 0 Å². The molecular formula is C18H20N2O3. The van der Waals surface area contributed by atoms with Gasteiger partial charge < -0.3 is 14.8 Å². The number of hydrogen-bond acceptors (Lipinski definition) is 4. The van der Waals surface area contributed by atoms with Gasteiger partial charge in [-0.25, -0.2) is 0 Å². The fraction of sp³-hybridized carbons (Fsp3) is 0.389. The third-order valence-corrected chi connectivity index (χ3v) is 3.80. The number of rotatable bonds is 4. The molecule has 5 nitrogen and oxygen atoms in total. The van der Waals surface area contributed by atoms with E-state index < -0.39 is 0 Å². The first kappa shape index (κ1) is 15.4. The summed E-state index contributed by atoms with van der Waals surface area (Å²) in [5.41, 5.74) is 0.893. The van der Waals surface area contributed by atoms with Crippen LogP contribution in [0.25, 0.3) is 6.08 Å². The van der Waals surface area contributed by atoms with Crippen LogP contribution in [0.2, 0.25) is 0 Å². The molecule has 0 saturated carbocycles. The van der Waals surface area contributed by atoms with Crippen LogP contribution in [0.4, 0.5) is 0 Å². The fourth-order valence-electron chi connectivity index (χ4n) is 2.55. The molecule has 1 amide bonds. The topological polar surface area (TPSA) is 50.8 Å². The summed E-state index contributed by atoms with van der Waals surface area (Å²) in [6, 6.07) is 5.57. The molecule has 2 aliphatic rings. The summed E-state index contributed by atoms with van der Waals surface area (Å²) in [4.78, 5) is 14.1. The van der Waals surface area contributed by atoms with Crippen LogP contribution < -0.4 is 14.8 Å². The van der Waals surface area contributed by atoms with Gasteiger partial charge >= 0.3 is 0 Å². The summed E-state index contributed by atoms with van der Waals surface area (Å²) in [6.07, 6.45) is 5.78. The lowest BCUT2D eigenvalue weighted by Gasteiger charge is -2.08. The Balaban J connectivity index is 1.41. The average Bonchev–Trinajstić information content (AvgIpc) is 3.23. The third-order valence-electron chi connectivity index (χ3n) is 3.80. The van der Waals surface area contributed by atoms with Crippen molar-refractivity contribution in [1.29, 1.82) is 0 Å². The summed E-state index contributed by atoms with van der Waals surface area (Å²) >= 11 is 0. The summed E-state index contributed by atoms with van der Waals surface area (Å²) in [7, 11) is 0. The minimum absolute atomic E-state index is 0.155. The molecule has 5 heteroatoms. The Morgan fingerprint density at radius 1 is 1.22 bits per heavy atom. The fourth-order valence-corrected chi connectivity index (χ4v) is 2.55. The molecule has 2 aliphatic heterocycles. The first-order valence-corrected chi connectivity index (χ1v) is 7.85. The zero-order valence-electron chi connectivity index (χ0n) is 13.0. The molecule has 1 aromatic rings. The Bertz CT molecular complexity index is 652. The number of benzene rings is 1. The van der Waals surface area contributed by atoms with E-state index in [9.17, 15) is 4.79 Å².